The predicted molar refractivity (Wildman–Crippen MR) is 70.1 cm³/mol. The van der Waals surface area contributed by atoms with E-state index >= 15 is 0 Å². The van der Waals surface area contributed by atoms with Crippen LogP contribution >= 0.6 is 12.4 Å². The van der Waals surface area contributed by atoms with Gasteiger partial charge < -0.3 is 10.2 Å². The lowest BCUT2D eigenvalue weighted by Crippen LogP contribution is -2.47. The lowest BCUT2D eigenvalue weighted by molar-refractivity contribution is 0.165. The van der Waals surface area contributed by atoms with Gasteiger partial charge in [-0.25, -0.2) is 0 Å². The average molecular weight is 245 g/mol. The van der Waals surface area contributed by atoms with E-state index in [1.54, 1.807) is 0 Å². The van der Waals surface area contributed by atoms with Crippen LogP contribution in [0.2, 0.25) is 0 Å². The maximum atomic E-state index is 3.73. The Labute approximate surface area is 106 Å². The summed E-state index contributed by atoms with van der Waals surface area (Å²) in [5, 5.41) is 3.73. The fourth-order valence-electron chi connectivity index (χ4n) is 3.56. The number of nitrogens with zero attached hydrogens (tertiary/aromatic N) is 1. The molecule has 2 aliphatic heterocycles. The third kappa shape index (κ3) is 2.55. The SMILES string of the molecule is CC1CC1CN(C)C1CC2CCC(C1)N2.Cl. The highest BCUT2D eigenvalue weighted by molar-refractivity contribution is 5.85. The third-order valence-electron chi connectivity index (χ3n) is 4.87. The fraction of sp³-hybridized carbons (Fsp3) is 1.00. The highest BCUT2D eigenvalue weighted by Gasteiger charge is 2.38. The van der Waals surface area contributed by atoms with E-state index < -0.39 is 0 Å². The molecule has 4 unspecified atom stereocenters. The average Bonchev–Trinajstić information content (AvgIpc) is 2.80. The molecular weight excluding hydrogens is 220 g/mol. The normalized spacial score (nSPS) is 45.6. The van der Waals surface area contributed by atoms with Crippen molar-refractivity contribution in [3.63, 3.8) is 0 Å². The Balaban J connectivity index is 0.000000963. The van der Waals surface area contributed by atoms with Gasteiger partial charge in [0.1, 0.15) is 0 Å². The third-order valence-corrected chi connectivity index (χ3v) is 4.87. The number of rotatable bonds is 3. The molecule has 0 aromatic carbocycles. The summed E-state index contributed by atoms with van der Waals surface area (Å²) in [5.74, 6) is 2.02. The Morgan fingerprint density at radius 3 is 2.19 bits per heavy atom. The van der Waals surface area contributed by atoms with Crippen LogP contribution in [0.3, 0.4) is 0 Å². The summed E-state index contributed by atoms with van der Waals surface area (Å²) in [6.07, 6.45) is 7.12. The van der Waals surface area contributed by atoms with Gasteiger partial charge >= 0.3 is 0 Å². The minimum atomic E-state index is 0. The number of piperidine rings is 1. The molecule has 4 atom stereocenters. The topological polar surface area (TPSA) is 15.3 Å². The van der Waals surface area contributed by atoms with E-state index in [-0.39, 0.29) is 12.4 Å². The van der Waals surface area contributed by atoms with Gasteiger partial charge in [0.2, 0.25) is 0 Å². The van der Waals surface area contributed by atoms with Gasteiger partial charge in [-0.1, -0.05) is 6.92 Å². The summed E-state index contributed by atoms with van der Waals surface area (Å²) >= 11 is 0. The number of fused-ring (bicyclic) bond motifs is 2. The van der Waals surface area contributed by atoms with Crippen molar-refractivity contribution in [2.45, 2.75) is 57.2 Å². The predicted octanol–water partition coefficient (Wildman–Crippen LogP) is 2.28. The fourth-order valence-corrected chi connectivity index (χ4v) is 3.56. The Morgan fingerprint density at radius 2 is 1.69 bits per heavy atom. The lowest BCUT2D eigenvalue weighted by Gasteiger charge is -2.35. The molecule has 0 aromatic rings. The molecule has 94 valence electrons. The van der Waals surface area contributed by atoms with Gasteiger partial charge in [0, 0.05) is 24.7 Å². The summed E-state index contributed by atoms with van der Waals surface area (Å²) in [5.41, 5.74) is 0. The van der Waals surface area contributed by atoms with E-state index in [0.29, 0.717) is 0 Å². The molecule has 2 saturated heterocycles. The van der Waals surface area contributed by atoms with Crippen LogP contribution in [0.4, 0.5) is 0 Å². The Kier molecular flexibility index (Phi) is 3.82. The highest BCUT2D eigenvalue weighted by Crippen LogP contribution is 2.39. The number of nitrogens with one attached hydrogen (secondary N) is 1. The van der Waals surface area contributed by atoms with E-state index in [9.17, 15) is 0 Å². The van der Waals surface area contributed by atoms with Gasteiger partial charge in [0.25, 0.3) is 0 Å². The van der Waals surface area contributed by atoms with Crippen molar-refractivity contribution in [3.05, 3.63) is 0 Å². The zero-order valence-electron chi connectivity index (χ0n) is 10.5. The highest BCUT2D eigenvalue weighted by atomic mass is 35.5. The Morgan fingerprint density at radius 1 is 1.12 bits per heavy atom. The molecular formula is C13H25ClN2. The van der Waals surface area contributed by atoms with Gasteiger partial charge in [-0.2, -0.15) is 0 Å². The van der Waals surface area contributed by atoms with Crippen LogP contribution in [0.1, 0.15) is 39.0 Å². The first kappa shape index (κ1) is 12.7. The standard InChI is InChI=1S/C13H24N2.ClH/c1-9-5-10(9)8-15(2)13-6-11-3-4-12(7-13)14-11;/h9-14H,3-8H2,1-2H3;1H. The molecule has 2 bridgehead atoms. The zero-order valence-corrected chi connectivity index (χ0v) is 11.3. The van der Waals surface area contributed by atoms with Crippen LogP contribution in [0, 0.1) is 11.8 Å². The van der Waals surface area contributed by atoms with Crippen molar-refractivity contribution < 1.29 is 0 Å². The molecule has 16 heavy (non-hydrogen) atoms. The molecule has 1 aliphatic carbocycles. The molecule has 0 aromatic heterocycles. The second-order valence-corrected chi connectivity index (χ2v) is 6.18. The number of hydrogen-bond acceptors (Lipinski definition) is 2. The van der Waals surface area contributed by atoms with Crippen molar-refractivity contribution in [2.24, 2.45) is 11.8 Å². The second-order valence-electron chi connectivity index (χ2n) is 6.18. The smallest absolute Gasteiger partial charge is 0.0122 e. The first-order chi connectivity index (χ1) is 7.22. The van der Waals surface area contributed by atoms with Gasteiger partial charge in [-0.05, 0) is 51.0 Å². The largest absolute Gasteiger partial charge is 0.311 e. The molecule has 0 radical (unpaired) electrons. The van der Waals surface area contributed by atoms with Crippen LogP contribution in [-0.4, -0.2) is 36.6 Å². The minimum absolute atomic E-state index is 0. The van der Waals surface area contributed by atoms with E-state index in [4.69, 9.17) is 0 Å². The summed E-state index contributed by atoms with van der Waals surface area (Å²) in [6.45, 7) is 3.75. The Bertz CT molecular complexity index is 234. The summed E-state index contributed by atoms with van der Waals surface area (Å²) in [4.78, 5) is 2.65. The minimum Gasteiger partial charge on any atom is -0.311 e. The van der Waals surface area contributed by atoms with Crippen molar-refractivity contribution in [2.75, 3.05) is 13.6 Å². The number of halogens is 1. The van der Waals surface area contributed by atoms with E-state index in [1.165, 1.54) is 38.6 Å². The van der Waals surface area contributed by atoms with Crippen molar-refractivity contribution in [3.8, 4) is 0 Å². The summed E-state index contributed by atoms with van der Waals surface area (Å²) in [7, 11) is 2.35. The molecule has 0 amide bonds. The maximum Gasteiger partial charge on any atom is 0.0122 e. The Hall–Kier alpha value is 0.210. The van der Waals surface area contributed by atoms with Crippen molar-refractivity contribution in [1.82, 2.24) is 10.2 Å². The maximum absolute atomic E-state index is 3.73. The molecule has 1 saturated carbocycles. The van der Waals surface area contributed by atoms with Crippen LogP contribution in [-0.2, 0) is 0 Å². The van der Waals surface area contributed by atoms with Crippen LogP contribution in [0.5, 0.6) is 0 Å². The van der Waals surface area contributed by atoms with Crippen molar-refractivity contribution in [1.29, 1.82) is 0 Å². The second kappa shape index (κ2) is 4.83. The van der Waals surface area contributed by atoms with E-state index in [1.807, 2.05) is 0 Å². The first-order valence-corrected chi connectivity index (χ1v) is 6.68. The molecule has 2 heterocycles. The zero-order chi connectivity index (χ0) is 10.4. The molecule has 3 fully saturated rings. The summed E-state index contributed by atoms with van der Waals surface area (Å²) in [6, 6.07) is 2.55. The molecule has 1 N–H and O–H groups in total. The molecule has 3 rings (SSSR count). The molecule has 3 aliphatic rings. The van der Waals surface area contributed by atoms with Gasteiger partial charge in [0.15, 0.2) is 0 Å². The number of hydrogen-bond donors (Lipinski definition) is 1. The van der Waals surface area contributed by atoms with E-state index in [2.05, 4.69) is 24.2 Å². The van der Waals surface area contributed by atoms with Gasteiger partial charge in [-0.15, -0.1) is 12.4 Å². The van der Waals surface area contributed by atoms with Gasteiger partial charge in [0.05, 0.1) is 0 Å². The summed E-state index contributed by atoms with van der Waals surface area (Å²) < 4.78 is 0. The van der Waals surface area contributed by atoms with Crippen LogP contribution < -0.4 is 5.32 Å². The van der Waals surface area contributed by atoms with Gasteiger partial charge in [-0.3, -0.25) is 0 Å². The quantitative estimate of drug-likeness (QED) is 0.820. The van der Waals surface area contributed by atoms with Crippen LogP contribution in [0.25, 0.3) is 0 Å². The molecule has 2 nitrogen and oxygen atoms in total. The van der Waals surface area contributed by atoms with Crippen LogP contribution in [0.15, 0.2) is 0 Å². The lowest BCUT2D eigenvalue weighted by atomic mass is 9.98. The van der Waals surface area contributed by atoms with Crippen molar-refractivity contribution >= 4 is 12.4 Å². The molecule has 3 heteroatoms. The first-order valence-electron chi connectivity index (χ1n) is 6.68. The monoisotopic (exact) mass is 244 g/mol. The molecule has 0 spiro atoms. The van der Waals surface area contributed by atoms with E-state index in [0.717, 1.165) is 30.0 Å².